The lowest BCUT2D eigenvalue weighted by molar-refractivity contribution is 0.582. The zero-order valence-electron chi connectivity index (χ0n) is 13.9. The number of hydrogen-bond donors (Lipinski definition) is 0. The molecule has 3 rings (SSSR count). The molecule has 2 aromatic carbocycles. The fourth-order valence-electron chi connectivity index (χ4n) is 2.43. The largest absolute Gasteiger partial charge is 0.546 e. The Morgan fingerprint density at radius 1 is 0.833 bits per heavy atom. The second kappa shape index (κ2) is 7.70. The van der Waals surface area contributed by atoms with Crippen LogP contribution in [-0.4, -0.2) is 19.7 Å². The SMILES string of the molecule is C[SiH](C)Oc1ccccc1N=C(c1ccccc1)c1ccncc1. The van der Waals surface area contributed by atoms with Crippen molar-refractivity contribution in [2.45, 2.75) is 13.1 Å². The predicted octanol–water partition coefficient (Wildman–Crippen LogP) is 4.61. The highest BCUT2D eigenvalue weighted by Crippen LogP contribution is 2.29. The topological polar surface area (TPSA) is 34.5 Å². The Morgan fingerprint density at radius 3 is 2.17 bits per heavy atom. The number of pyridine rings is 1. The smallest absolute Gasteiger partial charge is 0.229 e. The van der Waals surface area contributed by atoms with Gasteiger partial charge in [0.05, 0.1) is 5.71 Å². The molecule has 24 heavy (non-hydrogen) atoms. The van der Waals surface area contributed by atoms with Gasteiger partial charge in [0.1, 0.15) is 11.4 Å². The maximum Gasteiger partial charge on any atom is 0.229 e. The summed E-state index contributed by atoms with van der Waals surface area (Å²) in [5.41, 5.74) is 3.88. The van der Waals surface area contributed by atoms with Crippen LogP contribution in [0.5, 0.6) is 5.75 Å². The Morgan fingerprint density at radius 2 is 1.46 bits per heavy atom. The molecule has 0 spiro atoms. The first-order valence-corrected chi connectivity index (χ1v) is 10.8. The summed E-state index contributed by atoms with van der Waals surface area (Å²) in [5, 5.41) is 0. The fraction of sp³-hybridized carbons (Fsp3) is 0.100. The first-order chi connectivity index (χ1) is 11.7. The summed E-state index contributed by atoms with van der Waals surface area (Å²) in [7, 11) is -1.20. The minimum Gasteiger partial charge on any atom is -0.546 e. The summed E-state index contributed by atoms with van der Waals surface area (Å²) >= 11 is 0. The summed E-state index contributed by atoms with van der Waals surface area (Å²) in [6.07, 6.45) is 3.58. The quantitative estimate of drug-likeness (QED) is 0.505. The highest BCUT2D eigenvalue weighted by molar-refractivity contribution is 6.49. The van der Waals surface area contributed by atoms with Gasteiger partial charge in [0, 0.05) is 23.5 Å². The highest BCUT2D eigenvalue weighted by Gasteiger charge is 2.10. The van der Waals surface area contributed by atoms with Crippen LogP contribution in [0.3, 0.4) is 0 Å². The van der Waals surface area contributed by atoms with Crippen molar-refractivity contribution in [3.8, 4) is 5.75 Å². The minimum absolute atomic E-state index is 0.849. The van der Waals surface area contributed by atoms with Gasteiger partial charge in [-0.25, -0.2) is 4.99 Å². The summed E-state index contributed by atoms with van der Waals surface area (Å²) < 4.78 is 6.04. The van der Waals surface area contributed by atoms with E-state index < -0.39 is 9.04 Å². The summed E-state index contributed by atoms with van der Waals surface area (Å²) in [4.78, 5) is 9.05. The van der Waals surface area contributed by atoms with Crippen molar-refractivity contribution >= 4 is 20.4 Å². The highest BCUT2D eigenvalue weighted by atomic mass is 28.3. The van der Waals surface area contributed by atoms with Gasteiger partial charge >= 0.3 is 0 Å². The van der Waals surface area contributed by atoms with Gasteiger partial charge in [-0.2, -0.15) is 0 Å². The van der Waals surface area contributed by atoms with Crippen LogP contribution in [0.2, 0.25) is 13.1 Å². The molecule has 0 aliphatic heterocycles. The van der Waals surface area contributed by atoms with E-state index in [9.17, 15) is 0 Å². The number of nitrogens with zero attached hydrogens (tertiary/aromatic N) is 2. The van der Waals surface area contributed by atoms with E-state index in [1.54, 1.807) is 12.4 Å². The molecule has 3 nitrogen and oxygen atoms in total. The average molecular weight is 332 g/mol. The summed E-state index contributed by atoms with van der Waals surface area (Å²) in [6, 6.07) is 22.1. The van der Waals surface area contributed by atoms with Crippen LogP contribution in [0, 0.1) is 0 Å². The molecular formula is C20H20N2OSi. The van der Waals surface area contributed by atoms with Crippen molar-refractivity contribution in [2.75, 3.05) is 0 Å². The molecule has 0 aliphatic carbocycles. The van der Waals surface area contributed by atoms with Crippen LogP contribution in [0.25, 0.3) is 0 Å². The molecule has 1 heterocycles. The number of benzene rings is 2. The van der Waals surface area contributed by atoms with Crippen molar-refractivity contribution in [1.82, 2.24) is 4.98 Å². The maximum atomic E-state index is 6.04. The fourth-order valence-corrected chi connectivity index (χ4v) is 3.13. The third-order valence-electron chi connectivity index (χ3n) is 3.46. The summed E-state index contributed by atoms with van der Waals surface area (Å²) in [5.74, 6) is 0.849. The molecule has 0 bridgehead atoms. The Hall–Kier alpha value is -2.72. The molecule has 0 aliphatic rings. The summed E-state index contributed by atoms with van der Waals surface area (Å²) in [6.45, 7) is 4.31. The normalized spacial score (nSPS) is 11.5. The molecule has 120 valence electrons. The monoisotopic (exact) mass is 332 g/mol. The Bertz CT molecular complexity index is 776. The second-order valence-corrected chi connectivity index (χ2v) is 8.03. The van der Waals surface area contributed by atoms with Crippen LogP contribution in [0.4, 0.5) is 5.69 Å². The van der Waals surface area contributed by atoms with E-state index in [2.05, 4.69) is 30.2 Å². The molecule has 0 atom stereocenters. The van der Waals surface area contributed by atoms with Crippen LogP contribution < -0.4 is 4.43 Å². The number of para-hydroxylation sites is 2. The van der Waals surface area contributed by atoms with Crippen LogP contribution in [-0.2, 0) is 0 Å². The molecule has 0 fully saturated rings. The molecule has 4 heteroatoms. The van der Waals surface area contributed by atoms with Crippen molar-refractivity contribution in [3.63, 3.8) is 0 Å². The number of hydrogen-bond acceptors (Lipinski definition) is 3. The van der Waals surface area contributed by atoms with E-state index in [1.807, 2.05) is 54.6 Å². The van der Waals surface area contributed by atoms with Gasteiger partial charge in [-0.05, 0) is 37.4 Å². The molecular weight excluding hydrogens is 312 g/mol. The average Bonchev–Trinajstić information content (AvgIpc) is 2.62. The molecule has 1 aromatic heterocycles. The van der Waals surface area contributed by atoms with E-state index in [4.69, 9.17) is 9.42 Å². The van der Waals surface area contributed by atoms with Gasteiger partial charge in [0.2, 0.25) is 9.04 Å². The Kier molecular flexibility index (Phi) is 5.18. The van der Waals surface area contributed by atoms with Gasteiger partial charge in [-0.3, -0.25) is 4.98 Å². The van der Waals surface area contributed by atoms with E-state index in [0.29, 0.717) is 0 Å². The van der Waals surface area contributed by atoms with Crippen LogP contribution >= 0.6 is 0 Å². The minimum atomic E-state index is -1.20. The van der Waals surface area contributed by atoms with Crippen LogP contribution in [0.15, 0.2) is 84.1 Å². The van der Waals surface area contributed by atoms with Gasteiger partial charge in [-0.1, -0.05) is 42.5 Å². The van der Waals surface area contributed by atoms with Gasteiger partial charge in [0.15, 0.2) is 0 Å². The zero-order chi connectivity index (χ0) is 16.8. The lowest BCUT2D eigenvalue weighted by atomic mass is 10.0. The van der Waals surface area contributed by atoms with Crippen molar-refractivity contribution in [1.29, 1.82) is 0 Å². The van der Waals surface area contributed by atoms with Gasteiger partial charge in [0.25, 0.3) is 0 Å². The second-order valence-electron chi connectivity index (χ2n) is 5.70. The molecule has 0 saturated heterocycles. The number of aliphatic imine (C=N–C) groups is 1. The number of aromatic nitrogens is 1. The van der Waals surface area contributed by atoms with Gasteiger partial charge < -0.3 is 4.43 Å². The zero-order valence-corrected chi connectivity index (χ0v) is 15.0. The molecule has 0 amide bonds. The van der Waals surface area contributed by atoms with E-state index in [0.717, 1.165) is 28.3 Å². The van der Waals surface area contributed by atoms with Crippen molar-refractivity contribution in [2.24, 2.45) is 4.99 Å². The molecule has 0 saturated carbocycles. The first-order valence-electron chi connectivity index (χ1n) is 8.04. The van der Waals surface area contributed by atoms with Crippen LogP contribution in [0.1, 0.15) is 11.1 Å². The molecule has 0 unspecified atom stereocenters. The number of rotatable bonds is 5. The van der Waals surface area contributed by atoms with E-state index >= 15 is 0 Å². The molecule has 0 radical (unpaired) electrons. The third kappa shape index (κ3) is 3.97. The Balaban J connectivity index is 2.12. The third-order valence-corrected chi connectivity index (χ3v) is 4.19. The Labute approximate surface area is 144 Å². The predicted molar refractivity (Wildman–Crippen MR) is 102 cm³/mol. The van der Waals surface area contributed by atoms with E-state index in [1.165, 1.54) is 0 Å². The molecule has 0 N–H and O–H groups in total. The van der Waals surface area contributed by atoms with Gasteiger partial charge in [-0.15, -0.1) is 0 Å². The lowest BCUT2D eigenvalue weighted by Crippen LogP contribution is -2.11. The lowest BCUT2D eigenvalue weighted by Gasteiger charge is -2.13. The maximum absolute atomic E-state index is 6.04. The first kappa shape index (κ1) is 16.1. The standard InChI is InChI=1S/C20H20N2OSi/c1-24(2)23-19-11-7-6-10-18(19)22-20(16-8-4-3-5-9-16)17-12-14-21-15-13-17/h3-15,24H,1-2H3. The van der Waals surface area contributed by atoms with Crippen molar-refractivity contribution < 1.29 is 4.43 Å². The molecule has 3 aromatic rings. The van der Waals surface area contributed by atoms with E-state index in [-0.39, 0.29) is 0 Å². The van der Waals surface area contributed by atoms with Crippen molar-refractivity contribution in [3.05, 3.63) is 90.3 Å².